The molecule has 2 N–H and O–H groups in total. The van der Waals surface area contributed by atoms with Gasteiger partial charge >= 0.3 is 0 Å². The second-order valence-corrected chi connectivity index (χ2v) is 8.39. The molecule has 1 saturated carbocycles. The molecular formula is C18H29IN4O3S. The van der Waals surface area contributed by atoms with E-state index < -0.39 is 10.8 Å². The first kappa shape index (κ1) is 23.8. The number of halogens is 1. The molecule has 9 heteroatoms. The maximum absolute atomic E-state index is 12.1. The Bertz CT molecular complexity index is 672. The van der Waals surface area contributed by atoms with Gasteiger partial charge < -0.3 is 10.6 Å². The highest BCUT2D eigenvalue weighted by Crippen LogP contribution is 2.23. The van der Waals surface area contributed by atoms with Crippen LogP contribution in [-0.2, 0) is 17.3 Å². The van der Waals surface area contributed by atoms with E-state index in [9.17, 15) is 14.3 Å². The van der Waals surface area contributed by atoms with Crippen LogP contribution in [0.15, 0.2) is 29.3 Å². The number of nitro groups is 1. The molecule has 3 unspecified atom stereocenters. The first-order valence-corrected chi connectivity index (χ1v) is 10.6. The van der Waals surface area contributed by atoms with Gasteiger partial charge in [-0.3, -0.25) is 14.3 Å². The zero-order valence-electron chi connectivity index (χ0n) is 15.8. The van der Waals surface area contributed by atoms with Crippen LogP contribution >= 0.6 is 24.0 Å². The number of para-hydroxylation sites is 1. The van der Waals surface area contributed by atoms with Crippen molar-refractivity contribution in [2.75, 3.05) is 12.3 Å². The number of rotatable bonds is 7. The van der Waals surface area contributed by atoms with Crippen LogP contribution in [-0.4, -0.2) is 38.7 Å². The van der Waals surface area contributed by atoms with Gasteiger partial charge in [0.05, 0.1) is 17.0 Å². The number of nitrogens with one attached hydrogen (secondary N) is 2. The standard InChI is InChI=1S/C18H28N4O3S.HI/c1-3-19-18(20-13-14-8-5-6-11-17(14)22(23)24)21-15-9-7-10-16(12-15)26(25)4-2;/h5-6,8,11,15-16H,3-4,7,9-10,12-13H2,1-2H3,(H2,19,20,21);1H. The van der Waals surface area contributed by atoms with Crippen molar-refractivity contribution in [2.24, 2.45) is 4.99 Å². The highest BCUT2D eigenvalue weighted by atomic mass is 127. The minimum absolute atomic E-state index is 0. The Morgan fingerprint density at radius 3 is 2.74 bits per heavy atom. The number of aliphatic imine (C=N–C) groups is 1. The normalized spacial score (nSPS) is 21.0. The van der Waals surface area contributed by atoms with Crippen LogP contribution in [0, 0.1) is 10.1 Å². The molecule has 0 amide bonds. The van der Waals surface area contributed by atoms with Crippen LogP contribution in [0.3, 0.4) is 0 Å². The third-order valence-corrected chi connectivity index (χ3v) is 6.30. The van der Waals surface area contributed by atoms with Crippen molar-refractivity contribution in [3.05, 3.63) is 39.9 Å². The highest BCUT2D eigenvalue weighted by molar-refractivity contribution is 14.0. The molecule has 1 aliphatic carbocycles. The van der Waals surface area contributed by atoms with Gasteiger partial charge in [0.1, 0.15) is 0 Å². The van der Waals surface area contributed by atoms with Crippen molar-refractivity contribution in [3.63, 3.8) is 0 Å². The first-order valence-electron chi connectivity index (χ1n) is 9.19. The maximum atomic E-state index is 12.1. The van der Waals surface area contributed by atoms with E-state index in [0.717, 1.165) is 25.7 Å². The Labute approximate surface area is 180 Å². The third kappa shape index (κ3) is 7.36. The van der Waals surface area contributed by atoms with Gasteiger partial charge in [0.15, 0.2) is 5.96 Å². The van der Waals surface area contributed by atoms with Crippen molar-refractivity contribution in [1.82, 2.24) is 10.6 Å². The van der Waals surface area contributed by atoms with Gasteiger partial charge in [-0.15, -0.1) is 24.0 Å². The summed E-state index contributed by atoms with van der Waals surface area (Å²) in [6.07, 6.45) is 3.96. The monoisotopic (exact) mass is 508 g/mol. The van der Waals surface area contributed by atoms with Crippen LogP contribution in [0.4, 0.5) is 5.69 Å². The number of hydrogen-bond donors (Lipinski definition) is 2. The third-order valence-electron chi connectivity index (χ3n) is 4.56. The minimum atomic E-state index is -0.770. The van der Waals surface area contributed by atoms with Gasteiger partial charge in [-0.05, 0) is 26.2 Å². The molecule has 0 saturated heterocycles. The predicted molar refractivity (Wildman–Crippen MR) is 121 cm³/mol. The zero-order valence-corrected chi connectivity index (χ0v) is 19.0. The van der Waals surface area contributed by atoms with Gasteiger partial charge in [0, 0.05) is 40.5 Å². The van der Waals surface area contributed by atoms with Crippen molar-refractivity contribution >= 4 is 46.4 Å². The molecular weight excluding hydrogens is 479 g/mol. The lowest BCUT2D eigenvalue weighted by Gasteiger charge is -2.30. The minimum Gasteiger partial charge on any atom is -0.357 e. The number of benzene rings is 1. The molecule has 2 rings (SSSR count). The van der Waals surface area contributed by atoms with Gasteiger partial charge in [0.2, 0.25) is 0 Å². The topological polar surface area (TPSA) is 96.6 Å². The van der Waals surface area contributed by atoms with Crippen LogP contribution in [0.25, 0.3) is 0 Å². The van der Waals surface area contributed by atoms with Crippen LogP contribution in [0.2, 0.25) is 0 Å². The van der Waals surface area contributed by atoms with E-state index in [1.165, 1.54) is 6.07 Å². The molecule has 1 aromatic rings. The Hall–Kier alpha value is -1.23. The van der Waals surface area contributed by atoms with Crippen molar-refractivity contribution in [2.45, 2.75) is 57.4 Å². The fourth-order valence-corrected chi connectivity index (χ4v) is 4.60. The maximum Gasteiger partial charge on any atom is 0.274 e. The second kappa shape index (κ2) is 12.3. The van der Waals surface area contributed by atoms with Gasteiger partial charge in [-0.1, -0.05) is 31.5 Å². The molecule has 27 heavy (non-hydrogen) atoms. The molecule has 1 aliphatic rings. The smallest absolute Gasteiger partial charge is 0.274 e. The van der Waals surface area contributed by atoms with Crippen LogP contribution < -0.4 is 10.6 Å². The van der Waals surface area contributed by atoms with Crippen molar-refractivity contribution in [3.8, 4) is 0 Å². The lowest BCUT2D eigenvalue weighted by atomic mass is 9.95. The Kier molecular flexibility index (Phi) is 10.8. The van der Waals surface area contributed by atoms with Crippen molar-refractivity contribution < 1.29 is 9.13 Å². The average molecular weight is 508 g/mol. The van der Waals surface area contributed by atoms with E-state index in [0.29, 0.717) is 23.8 Å². The van der Waals surface area contributed by atoms with Gasteiger partial charge in [0.25, 0.3) is 5.69 Å². The molecule has 0 aliphatic heterocycles. The molecule has 0 spiro atoms. The van der Waals surface area contributed by atoms with Crippen LogP contribution in [0.5, 0.6) is 0 Å². The molecule has 1 aromatic carbocycles. The summed E-state index contributed by atoms with van der Waals surface area (Å²) < 4.78 is 12.1. The largest absolute Gasteiger partial charge is 0.357 e. The molecule has 0 radical (unpaired) electrons. The summed E-state index contributed by atoms with van der Waals surface area (Å²) in [5.41, 5.74) is 0.673. The zero-order chi connectivity index (χ0) is 18.9. The number of nitrogens with zero attached hydrogens (tertiary/aromatic N) is 2. The van der Waals surface area contributed by atoms with E-state index in [1.54, 1.807) is 18.2 Å². The Morgan fingerprint density at radius 1 is 1.33 bits per heavy atom. The molecule has 0 heterocycles. The molecule has 0 aromatic heterocycles. The summed E-state index contributed by atoms with van der Waals surface area (Å²) in [5, 5.41) is 18.0. The van der Waals surface area contributed by atoms with E-state index >= 15 is 0 Å². The lowest BCUT2D eigenvalue weighted by Crippen LogP contribution is -2.46. The van der Waals surface area contributed by atoms with Gasteiger partial charge in [-0.2, -0.15) is 0 Å². The number of nitro benzene ring substituents is 1. The van der Waals surface area contributed by atoms with E-state index in [-0.39, 0.29) is 52.4 Å². The summed E-state index contributed by atoms with van der Waals surface area (Å²) in [6, 6.07) is 6.89. The fourth-order valence-electron chi connectivity index (χ4n) is 3.25. The predicted octanol–water partition coefficient (Wildman–Crippen LogP) is 3.35. The summed E-state index contributed by atoms with van der Waals surface area (Å²) >= 11 is 0. The van der Waals surface area contributed by atoms with Crippen LogP contribution in [0.1, 0.15) is 45.1 Å². The first-order chi connectivity index (χ1) is 12.5. The molecule has 7 nitrogen and oxygen atoms in total. The van der Waals surface area contributed by atoms with Gasteiger partial charge in [-0.25, -0.2) is 4.99 Å². The Balaban J connectivity index is 0.00000364. The van der Waals surface area contributed by atoms with E-state index in [4.69, 9.17) is 0 Å². The lowest BCUT2D eigenvalue weighted by molar-refractivity contribution is -0.385. The summed E-state index contributed by atoms with van der Waals surface area (Å²) in [6.45, 7) is 4.90. The number of guanidine groups is 1. The number of hydrogen-bond acceptors (Lipinski definition) is 4. The average Bonchev–Trinajstić information content (AvgIpc) is 2.66. The summed E-state index contributed by atoms with van der Waals surface area (Å²) in [5.74, 6) is 1.35. The molecule has 3 atom stereocenters. The highest BCUT2D eigenvalue weighted by Gasteiger charge is 2.26. The molecule has 152 valence electrons. The molecule has 1 fully saturated rings. The second-order valence-electron chi connectivity index (χ2n) is 6.38. The van der Waals surface area contributed by atoms with Crippen molar-refractivity contribution in [1.29, 1.82) is 0 Å². The van der Waals surface area contributed by atoms with E-state index in [2.05, 4.69) is 15.6 Å². The Morgan fingerprint density at radius 2 is 2.07 bits per heavy atom. The molecule has 0 bridgehead atoms. The SMILES string of the molecule is CCNC(=NCc1ccccc1[N+](=O)[O-])NC1CCCC(S(=O)CC)C1.I. The summed E-state index contributed by atoms with van der Waals surface area (Å²) in [7, 11) is -0.770. The fraction of sp³-hybridized carbons (Fsp3) is 0.611. The summed E-state index contributed by atoms with van der Waals surface area (Å²) in [4.78, 5) is 15.3. The quantitative estimate of drug-likeness (QED) is 0.194. The van der Waals surface area contributed by atoms with E-state index in [1.807, 2.05) is 13.8 Å².